The highest BCUT2D eigenvalue weighted by atomic mass is 16.5. The van der Waals surface area contributed by atoms with E-state index in [0.29, 0.717) is 12.5 Å². The molecule has 2 rings (SSSR count). The van der Waals surface area contributed by atoms with Crippen LogP contribution < -0.4 is 4.74 Å². The zero-order valence-corrected chi connectivity index (χ0v) is 13.3. The zero-order valence-electron chi connectivity index (χ0n) is 13.3. The maximum Gasteiger partial charge on any atom is 0.309 e. The van der Waals surface area contributed by atoms with E-state index in [0.717, 1.165) is 22.2 Å². The number of ether oxygens (including phenoxy) is 1. The lowest BCUT2D eigenvalue weighted by Crippen LogP contribution is -2.26. The molecule has 0 saturated heterocycles. The fourth-order valence-electron chi connectivity index (χ4n) is 2.55. The van der Waals surface area contributed by atoms with E-state index < -0.39 is 11.4 Å². The van der Waals surface area contributed by atoms with Gasteiger partial charge in [-0.3, -0.25) is 4.79 Å². The van der Waals surface area contributed by atoms with Crippen LogP contribution in [0.1, 0.15) is 39.3 Å². The Morgan fingerprint density at radius 1 is 1.38 bits per heavy atom. The fraction of sp³-hybridized carbons (Fsp3) is 0.471. The molecule has 0 saturated carbocycles. The Hall–Kier alpha value is -1.97. The van der Waals surface area contributed by atoms with Crippen molar-refractivity contribution in [1.82, 2.24) is 4.57 Å². The van der Waals surface area contributed by atoms with Gasteiger partial charge in [0.2, 0.25) is 0 Å². The molecular formula is C17H23NO3. The highest BCUT2D eigenvalue weighted by molar-refractivity contribution is 5.86. The highest BCUT2D eigenvalue weighted by Gasteiger charge is 2.29. The van der Waals surface area contributed by atoms with Crippen molar-refractivity contribution in [3.8, 4) is 5.75 Å². The predicted octanol–water partition coefficient (Wildman–Crippen LogP) is 3.88. The second-order valence-electron chi connectivity index (χ2n) is 6.40. The summed E-state index contributed by atoms with van der Waals surface area (Å²) in [6, 6.07) is 6.28. The predicted molar refractivity (Wildman–Crippen MR) is 84.0 cm³/mol. The molecule has 0 unspecified atom stereocenters. The van der Waals surface area contributed by atoms with Gasteiger partial charge in [-0.25, -0.2) is 0 Å². The number of carboxylic acids is 1. The maximum atomic E-state index is 11.4. The minimum atomic E-state index is -0.792. The third-order valence-electron chi connectivity index (χ3n) is 3.89. The van der Waals surface area contributed by atoms with Crippen LogP contribution in [0.4, 0.5) is 0 Å². The number of rotatable bonds is 5. The van der Waals surface area contributed by atoms with Crippen molar-refractivity contribution in [2.75, 3.05) is 7.11 Å². The molecule has 2 aromatic rings. The third kappa shape index (κ3) is 2.89. The van der Waals surface area contributed by atoms with Crippen LogP contribution in [0.15, 0.2) is 24.4 Å². The number of aromatic nitrogens is 1. The number of hydrogen-bond acceptors (Lipinski definition) is 2. The molecule has 1 aromatic carbocycles. The standard InChI is InChI=1S/C17H23NO3/c1-11(2)18-10-12(9-17(3,4)16(19)20)14-8-13(21-5)6-7-15(14)18/h6-8,10-11H,9H2,1-5H3,(H,19,20). The van der Waals surface area contributed by atoms with Crippen LogP contribution in [0.25, 0.3) is 10.9 Å². The molecule has 0 spiro atoms. The summed E-state index contributed by atoms with van der Waals surface area (Å²) in [5, 5.41) is 10.4. The average Bonchev–Trinajstić information content (AvgIpc) is 2.76. The summed E-state index contributed by atoms with van der Waals surface area (Å²) in [6.45, 7) is 7.76. The molecule has 1 aromatic heterocycles. The number of methoxy groups -OCH3 is 1. The number of carboxylic acid groups (broad SMARTS) is 1. The number of benzene rings is 1. The third-order valence-corrected chi connectivity index (χ3v) is 3.89. The van der Waals surface area contributed by atoms with Gasteiger partial charge < -0.3 is 14.4 Å². The molecular weight excluding hydrogens is 266 g/mol. The van der Waals surface area contributed by atoms with Gasteiger partial charge in [0, 0.05) is 23.1 Å². The first-order valence-electron chi connectivity index (χ1n) is 7.17. The lowest BCUT2D eigenvalue weighted by atomic mass is 9.86. The lowest BCUT2D eigenvalue weighted by molar-refractivity contribution is -0.146. The number of nitrogens with zero attached hydrogens (tertiary/aromatic N) is 1. The highest BCUT2D eigenvalue weighted by Crippen LogP contribution is 2.32. The van der Waals surface area contributed by atoms with Gasteiger partial charge in [0.15, 0.2) is 0 Å². The summed E-state index contributed by atoms with van der Waals surface area (Å²) in [5.74, 6) is 0.00855. The Labute approximate surface area is 125 Å². The Morgan fingerprint density at radius 3 is 2.57 bits per heavy atom. The van der Waals surface area contributed by atoms with E-state index in [-0.39, 0.29) is 0 Å². The van der Waals surface area contributed by atoms with Crippen molar-refractivity contribution < 1.29 is 14.6 Å². The fourth-order valence-corrected chi connectivity index (χ4v) is 2.55. The van der Waals surface area contributed by atoms with E-state index in [1.54, 1.807) is 21.0 Å². The monoisotopic (exact) mass is 289 g/mol. The van der Waals surface area contributed by atoms with E-state index in [9.17, 15) is 9.90 Å². The smallest absolute Gasteiger partial charge is 0.309 e. The van der Waals surface area contributed by atoms with Crippen molar-refractivity contribution in [2.45, 2.75) is 40.2 Å². The normalized spacial score (nSPS) is 12.1. The van der Waals surface area contributed by atoms with Gasteiger partial charge >= 0.3 is 5.97 Å². The number of fused-ring (bicyclic) bond motifs is 1. The van der Waals surface area contributed by atoms with Crippen molar-refractivity contribution in [1.29, 1.82) is 0 Å². The summed E-state index contributed by atoms with van der Waals surface area (Å²) >= 11 is 0. The van der Waals surface area contributed by atoms with E-state index in [1.165, 1.54) is 0 Å². The Morgan fingerprint density at radius 2 is 2.05 bits per heavy atom. The first-order valence-corrected chi connectivity index (χ1v) is 7.17. The number of hydrogen-bond donors (Lipinski definition) is 1. The molecule has 0 aliphatic rings. The summed E-state index contributed by atoms with van der Waals surface area (Å²) in [4.78, 5) is 11.4. The molecule has 0 aliphatic heterocycles. The van der Waals surface area contributed by atoms with Gasteiger partial charge in [-0.05, 0) is 57.9 Å². The Balaban J connectivity index is 2.59. The quantitative estimate of drug-likeness (QED) is 0.908. The van der Waals surface area contributed by atoms with Crippen LogP contribution in [0.5, 0.6) is 5.75 Å². The van der Waals surface area contributed by atoms with Gasteiger partial charge in [0.1, 0.15) is 5.75 Å². The molecule has 0 atom stereocenters. The zero-order chi connectivity index (χ0) is 15.8. The molecule has 0 bridgehead atoms. The van der Waals surface area contributed by atoms with Crippen molar-refractivity contribution >= 4 is 16.9 Å². The lowest BCUT2D eigenvalue weighted by Gasteiger charge is -2.18. The van der Waals surface area contributed by atoms with Crippen LogP contribution in [0.3, 0.4) is 0 Å². The SMILES string of the molecule is COc1ccc2c(c1)c(CC(C)(C)C(=O)O)cn2C(C)C. The molecule has 1 N–H and O–H groups in total. The summed E-state index contributed by atoms with van der Waals surface area (Å²) in [6.07, 6.45) is 2.56. The molecule has 0 amide bonds. The largest absolute Gasteiger partial charge is 0.497 e. The first-order chi connectivity index (χ1) is 9.76. The average molecular weight is 289 g/mol. The van der Waals surface area contributed by atoms with Crippen molar-refractivity contribution in [3.63, 3.8) is 0 Å². The van der Waals surface area contributed by atoms with E-state index >= 15 is 0 Å². The molecule has 0 radical (unpaired) electrons. The van der Waals surface area contributed by atoms with Crippen molar-refractivity contribution in [3.05, 3.63) is 30.0 Å². The maximum absolute atomic E-state index is 11.4. The summed E-state index contributed by atoms with van der Waals surface area (Å²) in [7, 11) is 1.64. The minimum absolute atomic E-state index is 0.322. The number of aliphatic carboxylic acids is 1. The van der Waals surface area contributed by atoms with Crippen LogP contribution >= 0.6 is 0 Å². The van der Waals surface area contributed by atoms with Crippen LogP contribution in [-0.4, -0.2) is 22.8 Å². The Kier molecular flexibility index (Phi) is 3.99. The van der Waals surface area contributed by atoms with E-state index in [2.05, 4.69) is 24.6 Å². The van der Waals surface area contributed by atoms with Crippen LogP contribution in [-0.2, 0) is 11.2 Å². The molecule has 4 heteroatoms. The second-order valence-corrected chi connectivity index (χ2v) is 6.40. The van der Waals surface area contributed by atoms with Gasteiger partial charge in [-0.2, -0.15) is 0 Å². The molecule has 1 heterocycles. The van der Waals surface area contributed by atoms with Gasteiger partial charge in [-0.1, -0.05) is 0 Å². The van der Waals surface area contributed by atoms with Gasteiger partial charge in [0.05, 0.1) is 12.5 Å². The summed E-state index contributed by atoms with van der Waals surface area (Å²) in [5.41, 5.74) is 1.37. The van der Waals surface area contributed by atoms with Gasteiger partial charge in [0.25, 0.3) is 0 Å². The first kappa shape index (κ1) is 15.4. The van der Waals surface area contributed by atoms with Crippen LogP contribution in [0, 0.1) is 5.41 Å². The van der Waals surface area contributed by atoms with E-state index in [1.807, 2.05) is 18.2 Å². The minimum Gasteiger partial charge on any atom is -0.497 e. The second kappa shape index (κ2) is 5.43. The topological polar surface area (TPSA) is 51.5 Å². The van der Waals surface area contributed by atoms with Crippen LogP contribution in [0.2, 0.25) is 0 Å². The van der Waals surface area contributed by atoms with Gasteiger partial charge in [-0.15, -0.1) is 0 Å². The molecule has 114 valence electrons. The number of carbonyl (C=O) groups is 1. The van der Waals surface area contributed by atoms with Crippen molar-refractivity contribution in [2.24, 2.45) is 5.41 Å². The molecule has 0 aliphatic carbocycles. The summed E-state index contributed by atoms with van der Waals surface area (Å²) < 4.78 is 7.48. The molecule has 0 fully saturated rings. The van der Waals surface area contributed by atoms with E-state index in [4.69, 9.17) is 4.74 Å². The Bertz CT molecular complexity index is 668. The molecule has 4 nitrogen and oxygen atoms in total. The molecule has 21 heavy (non-hydrogen) atoms.